The van der Waals surface area contributed by atoms with E-state index in [2.05, 4.69) is 25.7 Å². The molecule has 37 heavy (non-hydrogen) atoms. The average Bonchev–Trinajstić information content (AvgIpc) is 3.20. The first-order chi connectivity index (χ1) is 17.4. The number of ether oxygens (including phenoxy) is 1. The number of aryl methyl sites for hydroxylation is 2. The summed E-state index contributed by atoms with van der Waals surface area (Å²) in [6.07, 6.45) is -4.71. The molecule has 0 bridgehead atoms. The van der Waals surface area contributed by atoms with Crippen LogP contribution >= 0.6 is 0 Å². The first kappa shape index (κ1) is 26.4. The molecule has 1 aliphatic heterocycles. The Morgan fingerprint density at radius 1 is 1.19 bits per heavy atom. The van der Waals surface area contributed by atoms with Gasteiger partial charge in [-0.2, -0.15) is 10.2 Å². The Hall–Kier alpha value is -3.66. The molecule has 0 radical (unpaired) electrons. The third-order valence-electron chi connectivity index (χ3n) is 6.79. The molecule has 3 aromatic heterocycles. The predicted octanol–water partition coefficient (Wildman–Crippen LogP) is 3.17. The highest BCUT2D eigenvalue weighted by molar-refractivity contribution is 5.84. The second-order valence-electron chi connectivity index (χ2n) is 9.23. The van der Waals surface area contributed by atoms with Gasteiger partial charge in [0.2, 0.25) is 5.88 Å². The van der Waals surface area contributed by atoms with Crippen molar-refractivity contribution in [3.63, 3.8) is 0 Å². The predicted molar refractivity (Wildman–Crippen MR) is 130 cm³/mol. The molecular weight excluding hydrogens is 489 g/mol. The smallest absolute Gasteiger partial charge is 0.388 e. The molecule has 13 heteroatoms. The Labute approximate surface area is 211 Å². The fraction of sp³-hybridized carbons (Fsp3) is 0.542. The first-order valence-electron chi connectivity index (χ1n) is 12.0. The molecule has 3 atom stereocenters. The van der Waals surface area contributed by atoms with Gasteiger partial charge in [0.1, 0.15) is 17.0 Å². The van der Waals surface area contributed by atoms with E-state index in [0.717, 1.165) is 0 Å². The summed E-state index contributed by atoms with van der Waals surface area (Å²) in [6, 6.07) is 6.05. The minimum Gasteiger partial charge on any atom is -0.388 e. The number of hydrogen-bond donors (Lipinski definition) is 0. The molecule has 4 heterocycles. The number of nitriles is 1. The molecule has 3 aromatic rings. The summed E-state index contributed by atoms with van der Waals surface area (Å²) in [5.41, 5.74) is 1.23. The van der Waals surface area contributed by atoms with Crippen molar-refractivity contribution in [2.75, 3.05) is 18.0 Å². The van der Waals surface area contributed by atoms with Gasteiger partial charge in [-0.05, 0) is 33.8 Å². The van der Waals surface area contributed by atoms with Gasteiger partial charge in [-0.3, -0.25) is 9.47 Å². The van der Waals surface area contributed by atoms with E-state index in [1.54, 1.807) is 13.1 Å². The van der Waals surface area contributed by atoms with Crippen LogP contribution in [0.25, 0.3) is 11.2 Å². The zero-order valence-corrected chi connectivity index (χ0v) is 21.3. The lowest BCUT2D eigenvalue weighted by Gasteiger charge is -2.46. The number of imidazole rings is 1. The molecule has 0 aromatic carbocycles. The van der Waals surface area contributed by atoms with Crippen LogP contribution in [-0.4, -0.2) is 60.5 Å². The third kappa shape index (κ3) is 5.11. The van der Waals surface area contributed by atoms with E-state index < -0.39 is 17.9 Å². The fourth-order valence-corrected chi connectivity index (χ4v) is 5.02. The van der Waals surface area contributed by atoms with Crippen LogP contribution in [0.4, 0.5) is 19.0 Å². The zero-order chi connectivity index (χ0) is 27.1. The largest absolute Gasteiger partial charge is 0.574 e. The number of nitrogens with zero attached hydrogens (tertiary/aromatic N) is 8. The van der Waals surface area contributed by atoms with Crippen LogP contribution in [-0.2, 0) is 20.0 Å². The Morgan fingerprint density at radius 2 is 1.92 bits per heavy atom. The monoisotopic (exact) mass is 518 g/mol. The van der Waals surface area contributed by atoms with E-state index in [1.807, 2.05) is 37.2 Å². The molecule has 0 amide bonds. The molecule has 0 spiro atoms. The maximum atomic E-state index is 12.8. The van der Waals surface area contributed by atoms with E-state index in [-0.39, 0.29) is 24.5 Å². The Morgan fingerprint density at radius 3 is 2.57 bits per heavy atom. The molecule has 1 unspecified atom stereocenters. The van der Waals surface area contributed by atoms with E-state index in [9.17, 15) is 23.2 Å². The van der Waals surface area contributed by atoms with Crippen LogP contribution in [0.1, 0.15) is 45.3 Å². The standard InChI is InChI=1S/C24H29F3N8O2/c1-6-33-18(10-11-28)30-20-21(31-23(36)32(5)22(20)33)35-13-14(2)34(12-15(35)3)16(4)17-8-7-9-19(29-17)37-24(25,26)27/h7-9,14-16H,6,10,12-13H2,1-5H3/t14-,15+,16?/m1/s1. The number of pyridine rings is 1. The summed E-state index contributed by atoms with van der Waals surface area (Å²) >= 11 is 0. The van der Waals surface area contributed by atoms with Crippen molar-refractivity contribution in [1.29, 1.82) is 5.26 Å². The van der Waals surface area contributed by atoms with Gasteiger partial charge in [-0.1, -0.05) is 6.07 Å². The van der Waals surface area contributed by atoms with Gasteiger partial charge in [0.25, 0.3) is 0 Å². The van der Waals surface area contributed by atoms with Crippen molar-refractivity contribution in [1.82, 2.24) is 29.0 Å². The van der Waals surface area contributed by atoms with Crippen molar-refractivity contribution in [3.05, 3.63) is 40.2 Å². The number of hydrogen-bond acceptors (Lipinski definition) is 8. The van der Waals surface area contributed by atoms with Crippen molar-refractivity contribution in [2.45, 2.75) is 65.1 Å². The molecule has 0 aliphatic carbocycles. The normalized spacial score (nSPS) is 19.7. The minimum atomic E-state index is -4.81. The highest BCUT2D eigenvalue weighted by Gasteiger charge is 2.36. The lowest BCUT2D eigenvalue weighted by molar-refractivity contribution is -0.276. The van der Waals surface area contributed by atoms with Gasteiger partial charge < -0.3 is 14.2 Å². The van der Waals surface area contributed by atoms with Gasteiger partial charge >= 0.3 is 12.1 Å². The highest BCUT2D eigenvalue weighted by Crippen LogP contribution is 2.32. The van der Waals surface area contributed by atoms with Crippen LogP contribution in [0, 0.1) is 11.3 Å². The van der Waals surface area contributed by atoms with Gasteiger partial charge in [0.05, 0.1) is 18.2 Å². The zero-order valence-electron chi connectivity index (χ0n) is 21.3. The van der Waals surface area contributed by atoms with Gasteiger partial charge in [-0.15, -0.1) is 13.2 Å². The maximum absolute atomic E-state index is 12.8. The van der Waals surface area contributed by atoms with Crippen LogP contribution < -0.4 is 15.3 Å². The Balaban J connectivity index is 1.65. The quantitative estimate of drug-likeness (QED) is 0.490. The van der Waals surface area contributed by atoms with Crippen LogP contribution in [0.15, 0.2) is 23.0 Å². The van der Waals surface area contributed by atoms with E-state index in [4.69, 9.17) is 4.98 Å². The van der Waals surface area contributed by atoms with Crippen molar-refractivity contribution < 1.29 is 17.9 Å². The lowest BCUT2D eigenvalue weighted by atomic mass is 10.0. The fourth-order valence-electron chi connectivity index (χ4n) is 5.02. The average molecular weight is 519 g/mol. The second-order valence-corrected chi connectivity index (χ2v) is 9.23. The lowest BCUT2D eigenvalue weighted by Crippen LogP contribution is -2.57. The molecule has 4 rings (SSSR count). The molecular formula is C24H29F3N8O2. The summed E-state index contributed by atoms with van der Waals surface area (Å²) in [4.78, 5) is 30.1. The highest BCUT2D eigenvalue weighted by atomic mass is 19.4. The number of anilines is 1. The molecule has 10 nitrogen and oxygen atoms in total. The second kappa shape index (κ2) is 10.0. The molecule has 1 fully saturated rings. The van der Waals surface area contributed by atoms with Crippen molar-refractivity contribution in [3.8, 4) is 11.9 Å². The van der Waals surface area contributed by atoms with Crippen LogP contribution in [0.5, 0.6) is 5.88 Å². The molecule has 0 N–H and O–H groups in total. The van der Waals surface area contributed by atoms with E-state index in [1.165, 1.54) is 16.7 Å². The van der Waals surface area contributed by atoms with Gasteiger partial charge in [-0.25, -0.2) is 14.8 Å². The SMILES string of the molecule is CCn1c(CC#N)nc2c(N3C[C@@H](C)N(C(C)c4cccc(OC(F)(F)F)n4)C[C@@H]3C)nc(=O)n(C)c21. The summed E-state index contributed by atoms with van der Waals surface area (Å²) < 4.78 is 45.3. The number of rotatable bonds is 6. The third-order valence-corrected chi connectivity index (χ3v) is 6.79. The van der Waals surface area contributed by atoms with Crippen molar-refractivity contribution >= 4 is 17.0 Å². The van der Waals surface area contributed by atoms with Gasteiger partial charge in [0.15, 0.2) is 5.82 Å². The Kier molecular flexibility index (Phi) is 7.14. The summed E-state index contributed by atoms with van der Waals surface area (Å²) in [5.74, 6) is 0.543. The maximum Gasteiger partial charge on any atom is 0.574 e. The van der Waals surface area contributed by atoms with Crippen LogP contribution in [0.2, 0.25) is 0 Å². The summed E-state index contributed by atoms with van der Waals surface area (Å²) in [6.45, 7) is 9.43. The number of piperazine rings is 1. The van der Waals surface area contributed by atoms with E-state index in [0.29, 0.717) is 48.1 Å². The van der Waals surface area contributed by atoms with E-state index >= 15 is 0 Å². The number of fused-ring (bicyclic) bond motifs is 1. The summed E-state index contributed by atoms with van der Waals surface area (Å²) in [5, 5.41) is 9.26. The number of alkyl halides is 3. The molecule has 198 valence electrons. The van der Waals surface area contributed by atoms with Gasteiger partial charge in [0, 0.05) is 50.9 Å². The molecule has 1 aliphatic rings. The topological polar surface area (TPSA) is 105 Å². The van der Waals surface area contributed by atoms with Crippen molar-refractivity contribution in [2.24, 2.45) is 7.05 Å². The summed E-state index contributed by atoms with van der Waals surface area (Å²) in [7, 11) is 1.64. The first-order valence-corrected chi connectivity index (χ1v) is 12.0. The number of halogens is 3. The molecule has 1 saturated heterocycles. The Bertz CT molecular complexity index is 1390. The number of aromatic nitrogens is 5. The minimum absolute atomic E-state index is 0.0482. The van der Waals surface area contributed by atoms with Crippen LogP contribution in [0.3, 0.4) is 0 Å². The molecule has 0 saturated carbocycles.